The Bertz CT molecular complexity index is 1030. The quantitative estimate of drug-likeness (QED) is 0.664. The maximum atomic E-state index is 12.0. The molecule has 3 aromatic rings. The highest BCUT2D eigenvalue weighted by atomic mass is 35.5. The number of halogens is 1. The molecule has 2 heterocycles. The fourth-order valence-electron chi connectivity index (χ4n) is 2.62. The van der Waals surface area contributed by atoms with Gasteiger partial charge in [-0.3, -0.25) is 10.2 Å². The maximum Gasteiger partial charge on any atom is 0.264 e. The third kappa shape index (κ3) is 3.29. The zero-order chi connectivity index (χ0) is 18.1. The minimum absolute atomic E-state index is 0.129. The summed E-state index contributed by atoms with van der Waals surface area (Å²) < 4.78 is 1.78. The van der Waals surface area contributed by atoms with Gasteiger partial charge in [0.05, 0.1) is 16.3 Å². The number of carbonyl (C=O) groups excluding carboxylic acids is 1. The first-order chi connectivity index (χ1) is 12.6. The number of benzene rings is 2. The molecule has 1 aliphatic heterocycles. The average Bonchev–Trinajstić information content (AvgIpc) is 3.20. The van der Waals surface area contributed by atoms with Gasteiger partial charge in [-0.1, -0.05) is 41.9 Å². The van der Waals surface area contributed by atoms with Crippen molar-refractivity contribution < 1.29 is 4.79 Å². The zero-order valence-corrected chi connectivity index (χ0v) is 15.0. The molecule has 128 valence electrons. The summed E-state index contributed by atoms with van der Waals surface area (Å²) in [5, 5.41) is 15.6. The minimum Gasteiger partial charge on any atom is -0.301 e. The molecule has 2 aromatic carbocycles. The van der Waals surface area contributed by atoms with Crippen molar-refractivity contribution in [3.8, 4) is 16.9 Å². The highest BCUT2D eigenvalue weighted by molar-refractivity contribution is 8.18. The summed E-state index contributed by atoms with van der Waals surface area (Å²) in [6, 6.07) is 17.2. The van der Waals surface area contributed by atoms with E-state index in [1.54, 1.807) is 10.8 Å². The lowest BCUT2D eigenvalue weighted by Crippen LogP contribution is -2.18. The SMILES string of the molecule is N=C1NC(=O)/C(=C/c2cn(-c3ccccc3)nc2-c2ccc(Cl)cc2)S1. The van der Waals surface area contributed by atoms with Crippen molar-refractivity contribution in [2.45, 2.75) is 0 Å². The Kier molecular flexibility index (Phi) is 4.36. The lowest BCUT2D eigenvalue weighted by Gasteiger charge is -2.01. The van der Waals surface area contributed by atoms with E-state index in [-0.39, 0.29) is 11.1 Å². The van der Waals surface area contributed by atoms with Gasteiger partial charge in [-0.2, -0.15) is 5.10 Å². The van der Waals surface area contributed by atoms with Crippen LogP contribution in [0.3, 0.4) is 0 Å². The fourth-order valence-corrected chi connectivity index (χ4v) is 3.44. The molecule has 7 heteroatoms. The number of carbonyl (C=O) groups is 1. The maximum absolute atomic E-state index is 12.0. The van der Waals surface area contributed by atoms with Crippen molar-refractivity contribution in [1.29, 1.82) is 5.41 Å². The van der Waals surface area contributed by atoms with E-state index in [0.717, 1.165) is 34.3 Å². The van der Waals surface area contributed by atoms with Gasteiger partial charge in [0.1, 0.15) is 0 Å². The Hall–Kier alpha value is -2.83. The van der Waals surface area contributed by atoms with E-state index in [2.05, 4.69) is 5.32 Å². The van der Waals surface area contributed by atoms with Gasteiger partial charge in [-0.15, -0.1) is 0 Å². The molecule has 5 nitrogen and oxygen atoms in total. The van der Waals surface area contributed by atoms with Crippen LogP contribution in [0.15, 0.2) is 65.7 Å². The van der Waals surface area contributed by atoms with Crippen LogP contribution in [0.1, 0.15) is 5.56 Å². The van der Waals surface area contributed by atoms with E-state index >= 15 is 0 Å². The fraction of sp³-hybridized carbons (Fsp3) is 0. The monoisotopic (exact) mass is 380 g/mol. The highest BCUT2D eigenvalue weighted by Gasteiger charge is 2.23. The van der Waals surface area contributed by atoms with E-state index in [1.165, 1.54) is 0 Å². The van der Waals surface area contributed by atoms with Crippen LogP contribution < -0.4 is 5.32 Å². The second-order valence-corrected chi connectivity index (χ2v) is 7.10. The van der Waals surface area contributed by atoms with Crippen molar-refractivity contribution in [1.82, 2.24) is 15.1 Å². The van der Waals surface area contributed by atoms with Crippen LogP contribution in [0.2, 0.25) is 5.02 Å². The van der Waals surface area contributed by atoms with Gasteiger partial charge in [-0.25, -0.2) is 4.68 Å². The first kappa shape index (κ1) is 16.6. The Morgan fingerprint density at radius 3 is 2.50 bits per heavy atom. The molecule has 2 N–H and O–H groups in total. The summed E-state index contributed by atoms with van der Waals surface area (Å²) in [7, 11) is 0. The number of rotatable bonds is 3. The second kappa shape index (κ2) is 6.82. The molecule has 0 radical (unpaired) electrons. The van der Waals surface area contributed by atoms with Gasteiger partial charge in [0.2, 0.25) is 0 Å². The van der Waals surface area contributed by atoms with Crippen LogP contribution in [0.4, 0.5) is 0 Å². The topological polar surface area (TPSA) is 70.8 Å². The zero-order valence-electron chi connectivity index (χ0n) is 13.4. The van der Waals surface area contributed by atoms with Crippen LogP contribution in [0.5, 0.6) is 0 Å². The summed E-state index contributed by atoms with van der Waals surface area (Å²) in [5.41, 5.74) is 3.35. The van der Waals surface area contributed by atoms with Crippen LogP contribution in [-0.4, -0.2) is 20.9 Å². The molecule has 0 bridgehead atoms. The lowest BCUT2D eigenvalue weighted by atomic mass is 10.1. The Labute approximate surface area is 159 Å². The minimum atomic E-state index is -0.269. The molecule has 26 heavy (non-hydrogen) atoms. The van der Waals surface area contributed by atoms with E-state index in [4.69, 9.17) is 22.1 Å². The van der Waals surface area contributed by atoms with Crippen LogP contribution in [0.25, 0.3) is 23.0 Å². The Balaban J connectivity index is 1.84. The number of hydrogen-bond donors (Lipinski definition) is 2. The molecule has 0 unspecified atom stereocenters. The number of nitrogens with zero attached hydrogens (tertiary/aromatic N) is 2. The van der Waals surface area contributed by atoms with Gasteiger partial charge in [0, 0.05) is 22.3 Å². The van der Waals surface area contributed by atoms with Gasteiger partial charge >= 0.3 is 0 Å². The summed E-state index contributed by atoms with van der Waals surface area (Å²) >= 11 is 7.10. The number of thioether (sulfide) groups is 1. The first-order valence-corrected chi connectivity index (χ1v) is 9.00. The molecule has 0 aliphatic carbocycles. The normalized spacial score (nSPS) is 15.5. The number of para-hydroxylation sites is 1. The molecule has 1 saturated heterocycles. The van der Waals surface area contributed by atoms with Gasteiger partial charge in [0.25, 0.3) is 5.91 Å². The van der Waals surface area contributed by atoms with E-state index in [0.29, 0.717) is 9.93 Å². The number of amidine groups is 1. The van der Waals surface area contributed by atoms with E-state index < -0.39 is 0 Å². The van der Waals surface area contributed by atoms with Crippen molar-refractivity contribution in [2.75, 3.05) is 0 Å². The molecule has 1 aromatic heterocycles. The predicted molar refractivity (Wildman–Crippen MR) is 105 cm³/mol. The molecule has 0 spiro atoms. The smallest absolute Gasteiger partial charge is 0.264 e. The molecule has 1 amide bonds. The van der Waals surface area contributed by atoms with Crippen LogP contribution in [0, 0.1) is 5.41 Å². The van der Waals surface area contributed by atoms with Crippen molar-refractivity contribution in [3.63, 3.8) is 0 Å². The summed E-state index contributed by atoms with van der Waals surface area (Å²) in [4.78, 5) is 12.4. The largest absolute Gasteiger partial charge is 0.301 e. The molecule has 1 fully saturated rings. The van der Waals surface area contributed by atoms with E-state index in [9.17, 15) is 4.79 Å². The number of hydrogen-bond acceptors (Lipinski definition) is 4. The van der Waals surface area contributed by atoms with E-state index in [1.807, 2.05) is 60.8 Å². The number of aromatic nitrogens is 2. The summed E-state index contributed by atoms with van der Waals surface area (Å²) in [5.74, 6) is -0.269. The van der Waals surface area contributed by atoms with Gasteiger partial charge < -0.3 is 5.32 Å². The van der Waals surface area contributed by atoms with Crippen LogP contribution >= 0.6 is 23.4 Å². The van der Waals surface area contributed by atoms with Gasteiger partial charge in [-0.05, 0) is 42.1 Å². The standard InChI is InChI=1S/C19H13ClN4OS/c20-14-8-6-12(7-9-14)17-13(10-16-18(25)22-19(21)26-16)11-24(23-17)15-4-2-1-3-5-15/h1-11H,(H2,21,22,25)/b16-10-. The predicted octanol–water partition coefficient (Wildman–Crippen LogP) is 4.33. The molecule has 0 saturated carbocycles. The Morgan fingerprint density at radius 2 is 1.85 bits per heavy atom. The Morgan fingerprint density at radius 1 is 1.12 bits per heavy atom. The van der Waals surface area contributed by atoms with Crippen molar-refractivity contribution in [3.05, 3.63) is 76.3 Å². The molecular weight excluding hydrogens is 368 g/mol. The first-order valence-electron chi connectivity index (χ1n) is 7.80. The van der Waals surface area contributed by atoms with Crippen molar-refractivity contribution >= 4 is 40.5 Å². The third-order valence-corrected chi connectivity index (χ3v) is 4.91. The summed E-state index contributed by atoms with van der Waals surface area (Å²) in [6.45, 7) is 0. The highest BCUT2D eigenvalue weighted by Crippen LogP contribution is 2.30. The molecule has 0 atom stereocenters. The van der Waals surface area contributed by atoms with Crippen molar-refractivity contribution in [2.24, 2.45) is 0 Å². The lowest BCUT2D eigenvalue weighted by molar-refractivity contribution is -0.115. The van der Waals surface area contributed by atoms with Gasteiger partial charge in [0.15, 0.2) is 5.17 Å². The summed E-state index contributed by atoms with van der Waals surface area (Å²) in [6.07, 6.45) is 3.64. The number of amides is 1. The molecule has 4 rings (SSSR count). The van der Waals surface area contributed by atoms with Crippen LogP contribution in [-0.2, 0) is 4.79 Å². The molecular formula is C19H13ClN4OS. The second-order valence-electron chi connectivity index (χ2n) is 5.61. The number of nitrogens with one attached hydrogen (secondary N) is 2. The molecule has 1 aliphatic rings. The average molecular weight is 381 g/mol. The third-order valence-electron chi connectivity index (χ3n) is 3.83.